The molecular formula is C18H22ClN3O. The van der Waals surface area contributed by atoms with Crippen LogP contribution in [0.2, 0.25) is 5.02 Å². The molecule has 4 nitrogen and oxygen atoms in total. The number of nitrogens with zero attached hydrogens (tertiary/aromatic N) is 2. The number of carbonyl (C=O) groups is 1. The summed E-state index contributed by atoms with van der Waals surface area (Å²) >= 11 is 5.91. The molecule has 1 fully saturated rings. The monoisotopic (exact) mass is 331 g/mol. The Morgan fingerprint density at radius 3 is 2.61 bits per heavy atom. The maximum Gasteiger partial charge on any atom is 0.317 e. The average molecular weight is 332 g/mol. The van der Waals surface area contributed by atoms with Gasteiger partial charge in [0.1, 0.15) is 0 Å². The summed E-state index contributed by atoms with van der Waals surface area (Å²) in [5, 5.41) is 3.74. The Hall–Kier alpha value is -1.94. The zero-order valence-electron chi connectivity index (χ0n) is 13.3. The number of urea groups is 1. The molecule has 0 aliphatic carbocycles. The van der Waals surface area contributed by atoms with Crippen LogP contribution in [-0.2, 0) is 6.54 Å². The van der Waals surface area contributed by atoms with Crippen LogP contribution < -0.4 is 5.32 Å². The van der Waals surface area contributed by atoms with E-state index in [1.54, 1.807) is 0 Å². The summed E-state index contributed by atoms with van der Waals surface area (Å²) in [5.74, 6) is 0.729. The predicted octanol–water partition coefficient (Wildman–Crippen LogP) is 4.07. The van der Waals surface area contributed by atoms with Crippen molar-refractivity contribution in [2.45, 2.75) is 26.3 Å². The molecule has 122 valence electrons. The van der Waals surface area contributed by atoms with Gasteiger partial charge >= 0.3 is 6.03 Å². The lowest BCUT2D eigenvalue weighted by molar-refractivity contribution is 0.173. The van der Waals surface area contributed by atoms with Gasteiger partial charge in [0.05, 0.1) is 0 Å². The number of likely N-dealkylation sites (tertiary alicyclic amines) is 1. The van der Waals surface area contributed by atoms with Crippen molar-refractivity contribution in [1.82, 2.24) is 14.8 Å². The number of nitrogens with one attached hydrogen (secondary N) is 1. The van der Waals surface area contributed by atoms with Crippen molar-refractivity contribution in [2.75, 3.05) is 13.1 Å². The average Bonchev–Trinajstić information content (AvgIpc) is 3.03. The van der Waals surface area contributed by atoms with Gasteiger partial charge in [-0.15, -0.1) is 0 Å². The van der Waals surface area contributed by atoms with E-state index in [-0.39, 0.29) is 6.03 Å². The van der Waals surface area contributed by atoms with Gasteiger partial charge in [0.25, 0.3) is 0 Å². The van der Waals surface area contributed by atoms with E-state index in [0.29, 0.717) is 6.54 Å². The van der Waals surface area contributed by atoms with Crippen molar-refractivity contribution in [3.05, 3.63) is 53.3 Å². The first-order valence-corrected chi connectivity index (χ1v) is 8.45. The highest BCUT2D eigenvalue weighted by molar-refractivity contribution is 6.30. The first-order valence-electron chi connectivity index (χ1n) is 8.07. The zero-order valence-corrected chi connectivity index (χ0v) is 14.1. The maximum atomic E-state index is 12.2. The van der Waals surface area contributed by atoms with Gasteiger partial charge in [-0.3, -0.25) is 0 Å². The highest BCUT2D eigenvalue weighted by Gasteiger charge is 2.19. The molecule has 2 heterocycles. The zero-order chi connectivity index (χ0) is 16.2. The quantitative estimate of drug-likeness (QED) is 0.904. The van der Waals surface area contributed by atoms with E-state index in [1.807, 2.05) is 52.2 Å². The minimum absolute atomic E-state index is 0.0381. The van der Waals surface area contributed by atoms with Crippen LogP contribution >= 0.6 is 11.6 Å². The van der Waals surface area contributed by atoms with Crippen LogP contribution in [0.5, 0.6) is 0 Å². The molecule has 0 bridgehead atoms. The second kappa shape index (κ2) is 7.09. The van der Waals surface area contributed by atoms with Crippen LogP contribution in [0.1, 0.15) is 25.3 Å². The Kier molecular flexibility index (Phi) is 4.91. The third-order valence-corrected chi connectivity index (χ3v) is 4.65. The van der Waals surface area contributed by atoms with Crippen molar-refractivity contribution in [3.63, 3.8) is 0 Å². The van der Waals surface area contributed by atoms with Gasteiger partial charge in [0.15, 0.2) is 0 Å². The Balaban J connectivity index is 1.55. The molecule has 3 rings (SSSR count). The number of amides is 2. The van der Waals surface area contributed by atoms with E-state index in [9.17, 15) is 4.79 Å². The van der Waals surface area contributed by atoms with Crippen molar-refractivity contribution in [2.24, 2.45) is 5.92 Å². The van der Waals surface area contributed by atoms with E-state index in [0.717, 1.165) is 48.1 Å². The Bertz CT molecular complexity index is 657. The second-order valence-corrected chi connectivity index (χ2v) is 6.67. The molecule has 23 heavy (non-hydrogen) atoms. The summed E-state index contributed by atoms with van der Waals surface area (Å²) in [5.41, 5.74) is 2.13. The number of hydrogen-bond acceptors (Lipinski definition) is 1. The normalized spacial score (nSPS) is 15.7. The lowest BCUT2D eigenvalue weighted by atomic mass is 10.00. The minimum Gasteiger partial charge on any atom is -0.334 e. The van der Waals surface area contributed by atoms with Crippen LogP contribution in [0.25, 0.3) is 5.69 Å². The molecular weight excluding hydrogens is 310 g/mol. The Morgan fingerprint density at radius 2 is 1.91 bits per heavy atom. The van der Waals surface area contributed by atoms with E-state index in [2.05, 4.69) is 12.2 Å². The van der Waals surface area contributed by atoms with Gasteiger partial charge in [-0.25, -0.2) is 4.79 Å². The highest BCUT2D eigenvalue weighted by atomic mass is 35.5. The van der Waals surface area contributed by atoms with Crippen molar-refractivity contribution >= 4 is 17.6 Å². The number of piperidine rings is 1. The third kappa shape index (κ3) is 4.08. The topological polar surface area (TPSA) is 37.3 Å². The molecule has 1 aliphatic rings. The summed E-state index contributed by atoms with van der Waals surface area (Å²) in [6.07, 6.45) is 6.22. The van der Waals surface area contributed by atoms with Crippen LogP contribution in [0.15, 0.2) is 42.7 Å². The molecule has 1 aliphatic heterocycles. The van der Waals surface area contributed by atoms with Crippen molar-refractivity contribution in [1.29, 1.82) is 0 Å². The van der Waals surface area contributed by atoms with E-state index < -0.39 is 0 Å². The summed E-state index contributed by atoms with van der Waals surface area (Å²) in [6, 6.07) is 9.74. The standard InChI is InChI=1S/C18H22ClN3O/c1-14-6-9-21(10-7-14)18(23)20-12-15-8-11-22(13-15)17-4-2-16(19)3-5-17/h2-5,8,11,13-14H,6-7,9-10,12H2,1H3,(H,20,23). The fourth-order valence-electron chi connectivity index (χ4n) is 2.82. The van der Waals surface area contributed by atoms with E-state index in [1.165, 1.54) is 0 Å². The Labute approximate surface area is 142 Å². The molecule has 1 N–H and O–H groups in total. The number of halogens is 1. The number of rotatable bonds is 3. The fraction of sp³-hybridized carbons (Fsp3) is 0.389. The molecule has 1 saturated heterocycles. The molecule has 5 heteroatoms. The fourth-order valence-corrected chi connectivity index (χ4v) is 2.95. The molecule has 0 spiro atoms. The lowest BCUT2D eigenvalue weighted by Crippen LogP contribution is -2.43. The lowest BCUT2D eigenvalue weighted by Gasteiger charge is -2.30. The van der Waals surface area contributed by atoms with E-state index in [4.69, 9.17) is 11.6 Å². The van der Waals surface area contributed by atoms with Crippen LogP contribution in [0.4, 0.5) is 4.79 Å². The highest BCUT2D eigenvalue weighted by Crippen LogP contribution is 2.17. The first-order chi connectivity index (χ1) is 11.1. The second-order valence-electron chi connectivity index (χ2n) is 6.23. The van der Waals surface area contributed by atoms with Crippen LogP contribution in [0, 0.1) is 5.92 Å². The molecule has 0 radical (unpaired) electrons. The number of hydrogen-bond donors (Lipinski definition) is 1. The van der Waals surface area contributed by atoms with E-state index >= 15 is 0 Å². The molecule has 2 aromatic rings. The molecule has 0 saturated carbocycles. The predicted molar refractivity (Wildman–Crippen MR) is 93.0 cm³/mol. The summed E-state index contributed by atoms with van der Waals surface area (Å²) in [6.45, 7) is 4.51. The van der Waals surface area contributed by atoms with Crippen LogP contribution in [-0.4, -0.2) is 28.6 Å². The molecule has 0 unspecified atom stereocenters. The number of aromatic nitrogens is 1. The molecule has 1 aromatic carbocycles. The maximum absolute atomic E-state index is 12.2. The third-order valence-electron chi connectivity index (χ3n) is 4.39. The minimum atomic E-state index is 0.0381. The molecule has 1 aromatic heterocycles. The van der Waals surface area contributed by atoms with Gasteiger partial charge in [-0.05, 0) is 54.7 Å². The Morgan fingerprint density at radius 1 is 1.22 bits per heavy atom. The van der Waals surface area contributed by atoms with Crippen molar-refractivity contribution < 1.29 is 4.79 Å². The van der Waals surface area contributed by atoms with Gasteiger partial charge in [-0.2, -0.15) is 0 Å². The first kappa shape index (κ1) is 15.9. The number of carbonyl (C=O) groups excluding carboxylic acids is 1. The van der Waals surface area contributed by atoms with Gasteiger partial charge in [0.2, 0.25) is 0 Å². The largest absolute Gasteiger partial charge is 0.334 e. The van der Waals surface area contributed by atoms with Gasteiger partial charge in [0, 0.05) is 42.7 Å². The van der Waals surface area contributed by atoms with Crippen molar-refractivity contribution in [3.8, 4) is 5.69 Å². The summed E-state index contributed by atoms with van der Waals surface area (Å²) in [7, 11) is 0. The summed E-state index contributed by atoms with van der Waals surface area (Å²) < 4.78 is 2.03. The van der Waals surface area contributed by atoms with Gasteiger partial charge in [-0.1, -0.05) is 18.5 Å². The number of benzene rings is 1. The van der Waals surface area contributed by atoms with Crippen LogP contribution in [0.3, 0.4) is 0 Å². The molecule has 0 atom stereocenters. The van der Waals surface area contributed by atoms with Gasteiger partial charge < -0.3 is 14.8 Å². The smallest absolute Gasteiger partial charge is 0.317 e. The molecule has 2 amide bonds. The SMILES string of the molecule is CC1CCN(C(=O)NCc2ccn(-c3ccc(Cl)cc3)c2)CC1. The summed E-state index contributed by atoms with van der Waals surface area (Å²) in [4.78, 5) is 14.1.